The summed E-state index contributed by atoms with van der Waals surface area (Å²) in [4.78, 5) is 18.7. The van der Waals surface area contributed by atoms with E-state index in [1.54, 1.807) is 6.07 Å². The Labute approximate surface area is 178 Å². The van der Waals surface area contributed by atoms with E-state index in [1.165, 1.54) is 11.3 Å². The van der Waals surface area contributed by atoms with Crippen LogP contribution in [0.1, 0.15) is 18.9 Å². The van der Waals surface area contributed by atoms with Crippen LogP contribution in [0.5, 0.6) is 0 Å². The molecule has 0 aliphatic rings. The Balaban J connectivity index is 1.81. The predicted molar refractivity (Wildman–Crippen MR) is 116 cm³/mol. The fraction of sp³-hybridized carbons (Fsp3) is 0.238. The van der Waals surface area contributed by atoms with Gasteiger partial charge >= 0.3 is 5.97 Å². The first-order chi connectivity index (χ1) is 13.6. The molecule has 3 aromatic rings. The number of thiazole rings is 1. The van der Waals surface area contributed by atoms with Crippen molar-refractivity contribution in [3.8, 4) is 11.3 Å². The van der Waals surface area contributed by atoms with Crippen molar-refractivity contribution in [1.29, 1.82) is 0 Å². The lowest BCUT2D eigenvalue weighted by Crippen LogP contribution is -2.26. The van der Waals surface area contributed by atoms with E-state index < -0.39 is 0 Å². The number of rotatable bonds is 8. The number of carbonyl (C=O) groups excluding carboxylic acids is 1. The number of benzene rings is 2. The quantitative estimate of drug-likeness (QED) is 0.403. The van der Waals surface area contributed by atoms with Gasteiger partial charge in [0.05, 0.1) is 28.8 Å². The van der Waals surface area contributed by atoms with E-state index in [2.05, 4.69) is 17.0 Å². The molecule has 1 aromatic heterocycles. The average Bonchev–Trinajstić information content (AvgIpc) is 3.18. The highest BCUT2D eigenvalue weighted by Gasteiger charge is 2.15. The summed E-state index contributed by atoms with van der Waals surface area (Å²) in [5, 5.41) is 3.84. The normalized spacial score (nSPS) is 10.7. The smallest absolute Gasteiger partial charge is 0.307 e. The molecular formula is C21H20Cl2N2O2S. The number of hydrogen-bond donors (Lipinski definition) is 0. The van der Waals surface area contributed by atoms with Crippen molar-refractivity contribution in [1.82, 2.24) is 4.98 Å². The molecule has 146 valence electrons. The number of hydrogen-bond acceptors (Lipinski definition) is 5. The summed E-state index contributed by atoms with van der Waals surface area (Å²) >= 11 is 13.7. The van der Waals surface area contributed by atoms with Crippen LogP contribution in [0.2, 0.25) is 10.0 Å². The summed E-state index contributed by atoms with van der Waals surface area (Å²) < 4.78 is 5.07. The SMILES string of the molecule is CCOC(=O)CCN(Cc1ccccc1)c1nc(-c2ccc(Cl)c(Cl)c2)cs1. The number of aromatic nitrogens is 1. The molecule has 0 spiro atoms. The lowest BCUT2D eigenvalue weighted by Gasteiger charge is -2.21. The number of halogens is 2. The molecule has 0 amide bonds. The summed E-state index contributed by atoms with van der Waals surface area (Å²) in [5.41, 5.74) is 2.88. The molecule has 0 fully saturated rings. The van der Waals surface area contributed by atoms with E-state index in [0.717, 1.165) is 22.0 Å². The number of esters is 1. The van der Waals surface area contributed by atoms with E-state index in [-0.39, 0.29) is 5.97 Å². The Morgan fingerprint density at radius 2 is 1.93 bits per heavy atom. The van der Waals surface area contributed by atoms with Crippen LogP contribution in [-0.2, 0) is 16.1 Å². The van der Waals surface area contributed by atoms with E-state index in [1.807, 2.05) is 42.6 Å². The number of anilines is 1. The van der Waals surface area contributed by atoms with Crippen LogP contribution in [0.15, 0.2) is 53.9 Å². The van der Waals surface area contributed by atoms with Crippen LogP contribution in [-0.4, -0.2) is 24.1 Å². The van der Waals surface area contributed by atoms with Crippen LogP contribution in [0, 0.1) is 0 Å². The third kappa shape index (κ3) is 5.47. The van der Waals surface area contributed by atoms with Crippen LogP contribution in [0.25, 0.3) is 11.3 Å². The molecule has 1 heterocycles. The van der Waals surface area contributed by atoms with Crippen LogP contribution in [0.4, 0.5) is 5.13 Å². The van der Waals surface area contributed by atoms with Gasteiger partial charge in [0.15, 0.2) is 5.13 Å². The van der Waals surface area contributed by atoms with Crippen molar-refractivity contribution >= 4 is 45.6 Å². The second-order valence-electron chi connectivity index (χ2n) is 6.11. The Morgan fingerprint density at radius 3 is 2.64 bits per heavy atom. The molecule has 2 aromatic carbocycles. The third-order valence-electron chi connectivity index (χ3n) is 4.09. The van der Waals surface area contributed by atoms with E-state index >= 15 is 0 Å². The van der Waals surface area contributed by atoms with Crippen LogP contribution < -0.4 is 4.90 Å². The molecule has 28 heavy (non-hydrogen) atoms. The largest absolute Gasteiger partial charge is 0.466 e. The fourth-order valence-electron chi connectivity index (χ4n) is 2.70. The Bertz CT molecular complexity index is 931. The Kier molecular flexibility index (Phi) is 7.31. The van der Waals surface area contributed by atoms with Gasteiger partial charge in [0.2, 0.25) is 0 Å². The number of carbonyl (C=O) groups is 1. The minimum absolute atomic E-state index is 0.207. The molecule has 0 atom stereocenters. The summed E-state index contributed by atoms with van der Waals surface area (Å²) in [6.45, 7) is 3.39. The minimum Gasteiger partial charge on any atom is -0.466 e. The van der Waals surface area contributed by atoms with Gasteiger partial charge in [0.1, 0.15) is 0 Å². The molecule has 0 unspecified atom stereocenters. The monoisotopic (exact) mass is 434 g/mol. The molecule has 0 N–H and O–H groups in total. The molecule has 0 radical (unpaired) electrons. The zero-order valence-corrected chi connectivity index (χ0v) is 17.7. The van der Waals surface area contributed by atoms with Crippen molar-refractivity contribution < 1.29 is 9.53 Å². The standard InChI is InChI=1S/C21H20Cl2N2O2S/c1-2-27-20(26)10-11-25(13-15-6-4-3-5-7-15)21-24-19(14-28-21)16-8-9-17(22)18(23)12-16/h3-9,12,14H,2,10-11,13H2,1H3. The van der Waals surface area contributed by atoms with Crippen LogP contribution >= 0.6 is 34.5 Å². The molecule has 3 rings (SSSR count). The maximum Gasteiger partial charge on any atom is 0.307 e. The first-order valence-corrected chi connectivity index (χ1v) is 10.6. The lowest BCUT2D eigenvalue weighted by atomic mass is 10.2. The number of ether oxygens (including phenoxy) is 1. The fourth-order valence-corrected chi connectivity index (χ4v) is 3.86. The highest BCUT2D eigenvalue weighted by molar-refractivity contribution is 7.14. The maximum atomic E-state index is 11.8. The predicted octanol–water partition coefficient (Wildman–Crippen LogP) is 6.08. The maximum absolute atomic E-state index is 11.8. The first kappa shape index (κ1) is 20.6. The van der Waals surface area contributed by atoms with Gasteiger partial charge in [-0.05, 0) is 24.6 Å². The zero-order chi connectivity index (χ0) is 19.9. The molecule has 0 saturated heterocycles. The van der Waals surface area contributed by atoms with Gasteiger partial charge in [0.25, 0.3) is 0 Å². The Morgan fingerprint density at radius 1 is 1.14 bits per heavy atom. The summed E-state index contributed by atoms with van der Waals surface area (Å²) in [6, 6.07) is 15.6. The van der Waals surface area contributed by atoms with Gasteiger partial charge in [-0.25, -0.2) is 4.98 Å². The summed E-state index contributed by atoms with van der Waals surface area (Å²) in [7, 11) is 0. The van der Waals surface area contributed by atoms with Crippen molar-refractivity contribution in [3.63, 3.8) is 0 Å². The molecule has 0 saturated carbocycles. The zero-order valence-electron chi connectivity index (χ0n) is 15.4. The van der Waals surface area contributed by atoms with Crippen molar-refractivity contribution in [2.24, 2.45) is 0 Å². The summed E-state index contributed by atoms with van der Waals surface area (Å²) in [6.07, 6.45) is 0.308. The second-order valence-corrected chi connectivity index (χ2v) is 7.76. The van der Waals surface area contributed by atoms with Gasteiger partial charge in [-0.15, -0.1) is 11.3 Å². The van der Waals surface area contributed by atoms with Gasteiger partial charge < -0.3 is 9.64 Å². The van der Waals surface area contributed by atoms with Gasteiger partial charge in [-0.3, -0.25) is 4.79 Å². The molecule has 0 aliphatic carbocycles. The molecule has 7 heteroatoms. The second kappa shape index (κ2) is 9.92. The van der Waals surface area contributed by atoms with Crippen molar-refractivity contribution in [3.05, 3.63) is 69.5 Å². The first-order valence-electron chi connectivity index (χ1n) is 8.92. The Hall–Kier alpha value is -2.08. The topological polar surface area (TPSA) is 42.4 Å². The van der Waals surface area contributed by atoms with E-state index in [0.29, 0.717) is 36.2 Å². The number of nitrogens with zero attached hydrogens (tertiary/aromatic N) is 2. The molecule has 0 aliphatic heterocycles. The minimum atomic E-state index is -0.207. The average molecular weight is 435 g/mol. The van der Waals surface area contributed by atoms with Gasteiger partial charge in [-0.2, -0.15) is 0 Å². The third-order valence-corrected chi connectivity index (χ3v) is 5.73. The highest BCUT2D eigenvalue weighted by Crippen LogP contribution is 2.32. The van der Waals surface area contributed by atoms with Crippen molar-refractivity contribution in [2.45, 2.75) is 19.9 Å². The van der Waals surface area contributed by atoms with E-state index in [9.17, 15) is 4.79 Å². The molecule has 0 bridgehead atoms. The highest BCUT2D eigenvalue weighted by atomic mass is 35.5. The molecular weight excluding hydrogens is 415 g/mol. The van der Waals surface area contributed by atoms with Crippen LogP contribution in [0.3, 0.4) is 0 Å². The molecule has 4 nitrogen and oxygen atoms in total. The van der Waals surface area contributed by atoms with Crippen molar-refractivity contribution in [2.75, 3.05) is 18.1 Å². The van der Waals surface area contributed by atoms with Gasteiger partial charge in [0, 0.05) is 24.0 Å². The summed E-state index contributed by atoms with van der Waals surface area (Å²) in [5.74, 6) is -0.207. The van der Waals surface area contributed by atoms with Gasteiger partial charge in [-0.1, -0.05) is 59.6 Å². The van der Waals surface area contributed by atoms with E-state index in [4.69, 9.17) is 32.9 Å². The lowest BCUT2D eigenvalue weighted by molar-refractivity contribution is -0.142.